The monoisotopic (exact) mass is 369 g/mol. The predicted octanol–water partition coefficient (Wildman–Crippen LogP) is 3.42. The fraction of sp³-hybridized carbons (Fsp3) is 0.105. The van der Waals surface area contributed by atoms with E-state index in [2.05, 4.69) is 5.32 Å². The first kappa shape index (κ1) is 19.4. The van der Waals surface area contributed by atoms with E-state index in [1.54, 1.807) is 12.1 Å². The van der Waals surface area contributed by atoms with E-state index in [-0.39, 0.29) is 17.9 Å². The van der Waals surface area contributed by atoms with Crippen molar-refractivity contribution >= 4 is 17.7 Å². The van der Waals surface area contributed by atoms with Crippen LogP contribution in [-0.4, -0.2) is 19.6 Å². The van der Waals surface area contributed by atoms with Gasteiger partial charge in [-0.25, -0.2) is 8.78 Å². The molecule has 0 aliphatic rings. The number of nitrogens with zero attached hydrogens (tertiary/aromatic N) is 2. The van der Waals surface area contributed by atoms with Gasteiger partial charge >= 0.3 is 0 Å². The van der Waals surface area contributed by atoms with Crippen LogP contribution >= 0.6 is 0 Å². The van der Waals surface area contributed by atoms with Crippen molar-refractivity contribution in [3.05, 3.63) is 59.2 Å². The Morgan fingerprint density at radius 3 is 2.59 bits per heavy atom. The van der Waals surface area contributed by atoms with Crippen LogP contribution in [0.15, 0.2) is 42.0 Å². The van der Waals surface area contributed by atoms with Gasteiger partial charge in [-0.05, 0) is 35.9 Å². The third-order valence-electron chi connectivity index (χ3n) is 3.34. The van der Waals surface area contributed by atoms with Crippen molar-refractivity contribution in [3.63, 3.8) is 0 Å². The van der Waals surface area contributed by atoms with Crippen LogP contribution in [0.2, 0.25) is 0 Å². The summed E-state index contributed by atoms with van der Waals surface area (Å²) in [4.78, 5) is 12.2. The van der Waals surface area contributed by atoms with Gasteiger partial charge in [0.1, 0.15) is 29.3 Å². The number of carbonyl (C=O) groups is 1. The van der Waals surface area contributed by atoms with Crippen molar-refractivity contribution in [2.24, 2.45) is 0 Å². The van der Waals surface area contributed by atoms with Crippen molar-refractivity contribution in [3.8, 4) is 23.6 Å². The molecule has 0 fully saturated rings. The first-order valence-corrected chi connectivity index (χ1v) is 7.54. The first-order valence-electron chi connectivity index (χ1n) is 7.54. The fourth-order valence-electron chi connectivity index (χ4n) is 2.10. The van der Waals surface area contributed by atoms with E-state index in [1.807, 2.05) is 6.07 Å². The molecule has 2 aromatic carbocycles. The standard InChI is InChI=1S/C19H13F2N3O3/c1-26-18-9-12(2-5-17(18)27-7-6-22)8-13(11-23)19(25)24-16-4-3-14(20)10-15(16)21/h2-5,8-10H,7H2,1H3,(H,24,25)/b13-8+. The van der Waals surface area contributed by atoms with Gasteiger partial charge in [-0.1, -0.05) is 6.07 Å². The number of anilines is 1. The lowest BCUT2D eigenvalue weighted by atomic mass is 10.1. The molecule has 136 valence electrons. The van der Waals surface area contributed by atoms with Crippen molar-refractivity contribution < 1.29 is 23.0 Å². The molecular formula is C19H13F2N3O3. The summed E-state index contributed by atoms with van der Waals surface area (Å²) in [5.41, 5.74) is -0.103. The molecule has 27 heavy (non-hydrogen) atoms. The Bertz CT molecular complexity index is 975. The molecule has 0 saturated heterocycles. The van der Waals surface area contributed by atoms with Gasteiger partial charge in [0, 0.05) is 6.07 Å². The second kappa shape index (κ2) is 8.97. The normalized spacial score (nSPS) is 10.5. The second-order valence-electron chi connectivity index (χ2n) is 5.11. The Labute approximate surface area is 153 Å². The van der Waals surface area contributed by atoms with E-state index in [0.29, 0.717) is 23.1 Å². The van der Waals surface area contributed by atoms with E-state index < -0.39 is 17.5 Å². The average molecular weight is 369 g/mol. The van der Waals surface area contributed by atoms with E-state index in [1.165, 1.54) is 25.3 Å². The topological polar surface area (TPSA) is 95.1 Å². The zero-order valence-corrected chi connectivity index (χ0v) is 14.1. The lowest BCUT2D eigenvalue weighted by Crippen LogP contribution is -2.14. The van der Waals surface area contributed by atoms with Crippen molar-refractivity contribution in [1.29, 1.82) is 10.5 Å². The largest absolute Gasteiger partial charge is 0.493 e. The van der Waals surface area contributed by atoms with Crippen LogP contribution in [0.3, 0.4) is 0 Å². The van der Waals surface area contributed by atoms with Gasteiger partial charge in [0.25, 0.3) is 5.91 Å². The summed E-state index contributed by atoms with van der Waals surface area (Å²) in [5, 5.41) is 20.0. The summed E-state index contributed by atoms with van der Waals surface area (Å²) in [5.74, 6) is -1.96. The first-order chi connectivity index (χ1) is 13.0. The van der Waals surface area contributed by atoms with Crippen molar-refractivity contribution in [2.45, 2.75) is 0 Å². The molecule has 0 aromatic heterocycles. The summed E-state index contributed by atoms with van der Waals surface area (Å²) in [6.07, 6.45) is 1.27. The van der Waals surface area contributed by atoms with E-state index in [0.717, 1.165) is 12.1 Å². The minimum atomic E-state index is -0.957. The summed E-state index contributed by atoms with van der Waals surface area (Å²) >= 11 is 0. The number of hydrogen-bond acceptors (Lipinski definition) is 5. The van der Waals surface area contributed by atoms with E-state index in [4.69, 9.17) is 14.7 Å². The predicted molar refractivity (Wildman–Crippen MR) is 92.7 cm³/mol. The molecule has 1 N–H and O–H groups in total. The van der Waals surface area contributed by atoms with Crippen molar-refractivity contribution in [2.75, 3.05) is 19.0 Å². The van der Waals surface area contributed by atoms with Gasteiger partial charge in [0.2, 0.25) is 0 Å². The maximum Gasteiger partial charge on any atom is 0.266 e. The van der Waals surface area contributed by atoms with E-state index >= 15 is 0 Å². The highest BCUT2D eigenvalue weighted by atomic mass is 19.1. The smallest absolute Gasteiger partial charge is 0.266 e. The molecule has 6 nitrogen and oxygen atoms in total. The fourth-order valence-corrected chi connectivity index (χ4v) is 2.10. The number of rotatable bonds is 6. The molecular weight excluding hydrogens is 356 g/mol. The number of benzene rings is 2. The molecule has 0 saturated carbocycles. The highest BCUT2D eigenvalue weighted by Crippen LogP contribution is 2.29. The van der Waals surface area contributed by atoms with Gasteiger partial charge in [-0.3, -0.25) is 4.79 Å². The number of amides is 1. The van der Waals surface area contributed by atoms with Gasteiger partial charge in [0.15, 0.2) is 18.1 Å². The maximum atomic E-state index is 13.6. The van der Waals surface area contributed by atoms with Crippen LogP contribution in [0.5, 0.6) is 11.5 Å². The minimum Gasteiger partial charge on any atom is -0.493 e. The molecule has 2 rings (SSSR count). The zero-order chi connectivity index (χ0) is 19.8. The summed E-state index contributed by atoms with van der Waals surface area (Å²) < 4.78 is 36.9. The highest BCUT2D eigenvalue weighted by Gasteiger charge is 2.13. The molecule has 0 heterocycles. The quantitative estimate of drug-likeness (QED) is 0.622. The van der Waals surface area contributed by atoms with Gasteiger partial charge < -0.3 is 14.8 Å². The Morgan fingerprint density at radius 1 is 1.19 bits per heavy atom. The Hall–Kier alpha value is -3.91. The second-order valence-corrected chi connectivity index (χ2v) is 5.11. The third kappa shape index (κ3) is 5.03. The molecule has 2 aromatic rings. The number of hydrogen-bond donors (Lipinski definition) is 1. The molecule has 1 amide bonds. The van der Waals surface area contributed by atoms with Crippen LogP contribution in [0, 0.1) is 34.3 Å². The lowest BCUT2D eigenvalue weighted by molar-refractivity contribution is -0.112. The number of ether oxygens (including phenoxy) is 2. The number of nitrogens with one attached hydrogen (secondary N) is 1. The number of halogens is 2. The summed E-state index contributed by atoms with van der Waals surface area (Å²) in [7, 11) is 1.40. The minimum absolute atomic E-state index is 0.166. The van der Waals surface area contributed by atoms with Crippen LogP contribution in [0.1, 0.15) is 5.56 Å². The lowest BCUT2D eigenvalue weighted by Gasteiger charge is -2.09. The molecule has 0 unspecified atom stereocenters. The Balaban J connectivity index is 2.25. The van der Waals surface area contributed by atoms with Crippen LogP contribution in [0.4, 0.5) is 14.5 Å². The molecule has 0 aliphatic carbocycles. The molecule has 0 bridgehead atoms. The molecule has 0 aliphatic heterocycles. The molecule has 8 heteroatoms. The zero-order valence-electron chi connectivity index (χ0n) is 14.1. The van der Waals surface area contributed by atoms with Gasteiger partial charge in [0.05, 0.1) is 12.8 Å². The van der Waals surface area contributed by atoms with E-state index in [9.17, 15) is 18.8 Å². The third-order valence-corrected chi connectivity index (χ3v) is 3.34. The van der Waals surface area contributed by atoms with Crippen LogP contribution < -0.4 is 14.8 Å². The summed E-state index contributed by atoms with van der Waals surface area (Å²) in [6, 6.07) is 10.8. The molecule has 0 spiro atoms. The highest BCUT2D eigenvalue weighted by molar-refractivity contribution is 6.09. The Kier molecular flexibility index (Phi) is 6.45. The molecule has 0 radical (unpaired) electrons. The van der Waals surface area contributed by atoms with Crippen LogP contribution in [0.25, 0.3) is 6.08 Å². The maximum absolute atomic E-state index is 13.6. The SMILES string of the molecule is COc1cc(/C=C(\C#N)C(=O)Nc2ccc(F)cc2F)ccc1OCC#N. The van der Waals surface area contributed by atoms with Gasteiger partial charge in [-0.2, -0.15) is 10.5 Å². The van der Waals surface area contributed by atoms with Gasteiger partial charge in [-0.15, -0.1) is 0 Å². The summed E-state index contributed by atoms with van der Waals surface area (Å²) in [6.45, 7) is -0.166. The average Bonchev–Trinajstić information content (AvgIpc) is 2.66. The number of carbonyl (C=O) groups excluding carboxylic acids is 1. The number of methoxy groups -OCH3 is 1. The number of nitriles is 2. The van der Waals surface area contributed by atoms with Crippen LogP contribution in [-0.2, 0) is 4.79 Å². The van der Waals surface area contributed by atoms with Crippen molar-refractivity contribution in [1.82, 2.24) is 0 Å². The Morgan fingerprint density at radius 2 is 1.96 bits per heavy atom. The molecule has 0 atom stereocenters.